The van der Waals surface area contributed by atoms with Crippen LogP contribution in [0.3, 0.4) is 0 Å². The van der Waals surface area contributed by atoms with Crippen LogP contribution >= 0.6 is 15.9 Å². The summed E-state index contributed by atoms with van der Waals surface area (Å²) >= 11 is 3.58. The van der Waals surface area contributed by atoms with Crippen LogP contribution in [0.2, 0.25) is 0 Å². The Kier molecular flexibility index (Phi) is 2.79. The minimum absolute atomic E-state index is 0.127. The monoisotopic (exact) mass is 291 g/mol. The molecule has 2 aliphatic rings. The molecule has 1 fully saturated rings. The summed E-state index contributed by atoms with van der Waals surface area (Å²) in [4.78, 5) is 13.5. The van der Waals surface area contributed by atoms with Crippen molar-refractivity contribution in [2.45, 2.75) is 18.9 Å². The van der Waals surface area contributed by atoms with Crippen molar-refractivity contribution in [3.05, 3.63) is 40.0 Å². The second-order valence-electron chi connectivity index (χ2n) is 4.68. The quantitative estimate of drug-likeness (QED) is 0.740. The van der Waals surface area contributed by atoms with Crippen LogP contribution < -0.4 is 0 Å². The molecule has 17 heavy (non-hydrogen) atoms. The Bertz CT molecular complexity index is 483. The molecule has 2 aliphatic heterocycles. The van der Waals surface area contributed by atoms with E-state index in [1.165, 1.54) is 11.1 Å². The molecule has 1 saturated heterocycles. The van der Waals surface area contributed by atoms with E-state index in [2.05, 4.69) is 51.3 Å². The van der Waals surface area contributed by atoms with Crippen LogP contribution in [0.15, 0.2) is 28.9 Å². The van der Waals surface area contributed by atoms with Crippen molar-refractivity contribution in [1.82, 2.24) is 4.90 Å². The molecule has 0 N–H and O–H groups in total. The summed E-state index contributed by atoms with van der Waals surface area (Å²) in [6, 6.07) is 6.48. The lowest BCUT2D eigenvalue weighted by Crippen LogP contribution is -2.37. The van der Waals surface area contributed by atoms with Crippen molar-refractivity contribution in [2.24, 2.45) is 5.92 Å². The molecule has 3 rings (SSSR count). The van der Waals surface area contributed by atoms with E-state index in [-0.39, 0.29) is 12.0 Å². The zero-order valence-electron chi connectivity index (χ0n) is 9.47. The van der Waals surface area contributed by atoms with Crippen molar-refractivity contribution < 1.29 is 4.79 Å². The fourth-order valence-electron chi connectivity index (χ4n) is 2.93. The number of carbonyl (C=O) groups excluding carboxylic acids is 1. The zero-order chi connectivity index (χ0) is 11.8. The maximum Gasteiger partial charge on any atom is 0.125 e. The first-order chi connectivity index (χ1) is 8.31. The molecule has 2 nitrogen and oxygen atoms in total. The first kappa shape index (κ1) is 11.0. The van der Waals surface area contributed by atoms with Crippen molar-refractivity contribution in [2.75, 3.05) is 6.54 Å². The van der Waals surface area contributed by atoms with Gasteiger partial charge in [0.15, 0.2) is 0 Å². The topological polar surface area (TPSA) is 20.3 Å². The number of piperidine rings is 1. The maximum atomic E-state index is 11.2. The van der Waals surface area contributed by atoms with Crippen LogP contribution in [0.1, 0.15) is 30.0 Å². The number of hydrogen-bond acceptors (Lipinski definition) is 2. The van der Waals surface area contributed by atoms with E-state index in [1.807, 2.05) is 0 Å². The van der Waals surface area contributed by atoms with Crippen LogP contribution in [-0.2, 0) is 4.79 Å². The van der Waals surface area contributed by atoms with E-state index in [0.717, 1.165) is 30.1 Å². The molecular formula is C14H14BrNO. The van der Waals surface area contributed by atoms with Gasteiger partial charge in [0.1, 0.15) is 6.29 Å². The Morgan fingerprint density at radius 3 is 3.12 bits per heavy atom. The molecule has 0 aromatic heterocycles. The van der Waals surface area contributed by atoms with Crippen LogP contribution in [0.25, 0.3) is 6.08 Å². The first-order valence-corrected chi connectivity index (χ1v) is 6.78. The summed E-state index contributed by atoms with van der Waals surface area (Å²) in [7, 11) is 0. The lowest BCUT2D eigenvalue weighted by Gasteiger charge is -2.42. The Morgan fingerprint density at radius 1 is 1.41 bits per heavy atom. The lowest BCUT2D eigenvalue weighted by atomic mass is 9.82. The molecule has 2 unspecified atom stereocenters. The molecule has 0 spiro atoms. The zero-order valence-corrected chi connectivity index (χ0v) is 11.1. The van der Waals surface area contributed by atoms with Gasteiger partial charge in [0.2, 0.25) is 0 Å². The fraction of sp³-hybridized carbons (Fsp3) is 0.357. The highest BCUT2D eigenvalue weighted by Gasteiger charge is 2.34. The third kappa shape index (κ3) is 1.73. The molecule has 1 aromatic rings. The molecule has 0 amide bonds. The van der Waals surface area contributed by atoms with Gasteiger partial charge in [-0.1, -0.05) is 28.1 Å². The molecule has 0 aliphatic carbocycles. The summed E-state index contributed by atoms with van der Waals surface area (Å²) in [5.74, 6) is 0.127. The average molecular weight is 292 g/mol. The molecule has 2 heterocycles. The Balaban J connectivity index is 2.11. The fourth-order valence-corrected chi connectivity index (χ4v) is 3.44. The number of nitrogens with zero attached hydrogens (tertiary/aromatic N) is 1. The molecular weight excluding hydrogens is 278 g/mol. The van der Waals surface area contributed by atoms with E-state index in [9.17, 15) is 4.79 Å². The summed E-state index contributed by atoms with van der Waals surface area (Å²) in [5, 5.41) is 0. The number of carbonyl (C=O) groups is 1. The lowest BCUT2D eigenvalue weighted by molar-refractivity contribution is -0.114. The van der Waals surface area contributed by atoms with Crippen LogP contribution in [0.4, 0.5) is 0 Å². The molecule has 0 saturated carbocycles. The van der Waals surface area contributed by atoms with Gasteiger partial charge in [-0.15, -0.1) is 0 Å². The number of aldehydes is 1. The standard InChI is InChI=1S/C14H14BrNO/c15-13-5-1-4-12-11(13)6-8-16-7-2-3-10(9-17)14(12)16/h1,4-6,8-10,14H,2-3,7H2. The van der Waals surface area contributed by atoms with Crippen LogP contribution in [0.5, 0.6) is 0 Å². The Labute approximate surface area is 109 Å². The highest BCUT2D eigenvalue weighted by molar-refractivity contribution is 9.10. The van der Waals surface area contributed by atoms with Crippen LogP contribution in [0, 0.1) is 5.92 Å². The molecule has 88 valence electrons. The van der Waals surface area contributed by atoms with Gasteiger partial charge in [0, 0.05) is 23.1 Å². The number of halogens is 1. The van der Waals surface area contributed by atoms with Gasteiger partial charge < -0.3 is 9.69 Å². The van der Waals surface area contributed by atoms with Crippen LogP contribution in [-0.4, -0.2) is 17.7 Å². The van der Waals surface area contributed by atoms with E-state index in [0.29, 0.717) is 0 Å². The van der Waals surface area contributed by atoms with E-state index < -0.39 is 0 Å². The average Bonchev–Trinajstić information content (AvgIpc) is 2.38. The normalized spacial score (nSPS) is 26.3. The second kappa shape index (κ2) is 4.30. The van der Waals surface area contributed by atoms with Gasteiger partial charge in [-0.2, -0.15) is 0 Å². The third-order valence-electron chi connectivity index (χ3n) is 3.73. The van der Waals surface area contributed by atoms with E-state index in [1.54, 1.807) is 0 Å². The van der Waals surface area contributed by atoms with Gasteiger partial charge >= 0.3 is 0 Å². The highest BCUT2D eigenvalue weighted by atomic mass is 79.9. The summed E-state index contributed by atoms with van der Waals surface area (Å²) in [6.45, 7) is 1.05. The number of rotatable bonds is 1. The number of hydrogen-bond donors (Lipinski definition) is 0. The van der Waals surface area contributed by atoms with Crippen molar-refractivity contribution in [3.8, 4) is 0 Å². The first-order valence-electron chi connectivity index (χ1n) is 5.99. The summed E-state index contributed by atoms with van der Waals surface area (Å²) in [5.41, 5.74) is 2.50. The molecule has 3 heteroatoms. The summed E-state index contributed by atoms with van der Waals surface area (Å²) < 4.78 is 1.11. The smallest absolute Gasteiger partial charge is 0.125 e. The minimum Gasteiger partial charge on any atom is -0.370 e. The number of benzene rings is 1. The molecule has 1 aromatic carbocycles. The molecule has 0 bridgehead atoms. The van der Waals surface area contributed by atoms with Crippen molar-refractivity contribution in [3.63, 3.8) is 0 Å². The Morgan fingerprint density at radius 2 is 2.29 bits per heavy atom. The molecule has 0 radical (unpaired) electrons. The SMILES string of the molecule is O=CC1CCCN2C=Cc3c(Br)cccc3C12. The predicted molar refractivity (Wildman–Crippen MR) is 71.4 cm³/mol. The third-order valence-corrected chi connectivity index (χ3v) is 4.42. The Hall–Kier alpha value is -1.09. The summed E-state index contributed by atoms with van der Waals surface area (Å²) in [6.07, 6.45) is 7.51. The maximum absolute atomic E-state index is 11.2. The van der Waals surface area contributed by atoms with Gasteiger partial charge in [-0.05, 0) is 36.1 Å². The largest absolute Gasteiger partial charge is 0.370 e. The minimum atomic E-state index is 0.127. The number of fused-ring (bicyclic) bond motifs is 3. The van der Waals surface area contributed by atoms with Crippen molar-refractivity contribution >= 4 is 28.3 Å². The molecule has 2 atom stereocenters. The van der Waals surface area contributed by atoms with Gasteiger partial charge in [-0.25, -0.2) is 0 Å². The van der Waals surface area contributed by atoms with Crippen molar-refractivity contribution in [1.29, 1.82) is 0 Å². The predicted octanol–water partition coefficient (Wildman–Crippen LogP) is 3.39. The van der Waals surface area contributed by atoms with Gasteiger partial charge in [0.05, 0.1) is 6.04 Å². The van der Waals surface area contributed by atoms with E-state index >= 15 is 0 Å². The van der Waals surface area contributed by atoms with E-state index in [4.69, 9.17) is 0 Å². The highest BCUT2D eigenvalue weighted by Crippen LogP contribution is 2.41. The second-order valence-corrected chi connectivity index (χ2v) is 5.54. The van der Waals surface area contributed by atoms with Gasteiger partial charge in [0.25, 0.3) is 0 Å². The van der Waals surface area contributed by atoms with Gasteiger partial charge in [-0.3, -0.25) is 0 Å².